The number of hydrogen-bond acceptors (Lipinski definition) is 5. The number of carbonyl (C=O) groups is 1. The number of aromatic nitrogens is 2. The number of rotatable bonds is 2. The maximum Gasteiger partial charge on any atom is 0.245 e. The van der Waals surface area contributed by atoms with Gasteiger partial charge in [-0.15, -0.1) is 0 Å². The molecule has 0 aliphatic carbocycles. The molecule has 0 unspecified atom stereocenters. The minimum Gasteiger partial charge on any atom is -0.432 e. The van der Waals surface area contributed by atoms with E-state index in [1.54, 1.807) is 13.0 Å². The van der Waals surface area contributed by atoms with Gasteiger partial charge in [-0.1, -0.05) is 0 Å². The Morgan fingerprint density at radius 2 is 2.25 bits per heavy atom. The topological polar surface area (TPSA) is 79.8 Å². The predicted octanol–water partition coefficient (Wildman–Crippen LogP) is 1.73. The van der Waals surface area contributed by atoms with Crippen molar-refractivity contribution in [2.45, 2.75) is 6.92 Å². The third-order valence-corrected chi connectivity index (χ3v) is 2.09. The van der Waals surface area contributed by atoms with Crippen LogP contribution >= 0.6 is 0 Å². The van der Waals surface area contributed by atoms with Crippen molar-refractivity contribution in [2.75, 3.05) is 0 Å². The molecule has 78 valence electrons. The molecule has 5 heteroatoms. The zero-order valence-corrected chi connectivity index (χ0v) is 8.47. The first kappa shape index (κ1) is 10.1. The van der Waals surface area contributed by atoms with E-state index in [0.717, 1.165) is 5.56 Å². The lowest BCUT2D eigenvalue weighted by Crippen LogP contribution is -1.88. The van der Waals surface area contributed by atoms with Crippen LogP contribution in [0.2, 0.25) is 0 Å². The standard InChI is InChI=1S/C11H7N3O2/c1-7-2-10(13-4-8(7)3-12)11-14-5-9(6-15)16-11/h2,4-6H,1H3. The maximum atomic E-state index is 10.4. The normalized spacial score (nSPS) is 9.75. The lowest BCUT2D eigenvalue weighted by atomic mass is 10.1. The summed E-state index contributed by atoms with van der Waals surface area (Å²) in [6.07, 6.45) is 3.36. The van der Waals surface area contributed by atoms with Gasteiger partial charge in [0, 0.05) is 6.20 Å². The van der Waals surface area contributed by atoms with Crippen molar-refractivity contribution < 1.29 is 9.21 Å². The van der Waals surface area contributed by atoms with Crippen molar-refractivity contribution in [1.82, 2.24) is 9.97 Å². The predicted molar refractivity (Wildman–Crippen MR) is 54.6 cm³/mol. The summed E-state index contributed by atoms with van der Waals surface area (Å²) in [5.41, 5.74) is 1.80. The third kappa shape index (κ3) is 1.68. The van der Waals surface area contributed by atoms with E-state index in [-0.39, 0.29) is 11.7 Å². The first-order chi connectivity index (χ1) is 7.74. The Labute approximate surface area is 91.4 Å². The van der Waals surface area contributed by atoms with Crippen LogP contribution in [-0.4, -0.2) is 16.3 Å². The van der Waals surface area contributed by atoms with Gasteiger partial charge < -0.3 is 4.42 Å². The Morgan fingerprint density at radius 3 is 2.81 bits per heavy atom. The number of carbonyl (C=O) groups excluding carboxylic acids is 1. The van der Waals surface area contributed by atoms with E-state index in [9.17, 15) is 4.79 Å². The zero-order valence-electron chi connectivity index (χ0n) is 8.47. The van der Waals surface area contributed by atoms with Crippen molar-refractivity contribution in [3.63, 3.8) is 0 Å². The number of pyridine rings is 1. The van der Waals surface area contributed by atoms with Crippen molar-refractivity contribution in [3.05, 3.63) is 35.3 Å². The molecule has 2 aromatic rings. The molecule has 0 spiro atoms. The Kier molecular flexibility index (Phi) is 2.48. The van der Waals surface area contributed by atoms with Crippen LogP contribution in [0.5, 0.6) is 0 Å². The SMILES string of the molecule is Cc1cc(-c2ncc(C=O)o2)ncc1C#N. The van der Waals surface area contributed by atoms with Crippen LogP contribution < -0.4 is 0 Å². The second-order valence-corrected chi connectivity index (χ2v) is 3.18. The number of aryl methyl sites for hydroxylation is 1. The molecule has 0 saturated heterocycles. The molecule has 2 aromatic heterocycles. The van der Waals surface area contributed by atoms with Crippen LogP contribution in [0.1, 0.15) is 21.7 Å². The Morgan fingerprint density at radius 1 is 1.44 bits per heavy atom. The molecule has 5 nitrogen and oxygen atoms in total. The lowest BCUT2D eigenvalue weighted by molar-refractivity contribution is 0.110. The average molecular weight is 213 g/mol. The molecule has 0 bridgehead atoms. The van der Waals surface area contributed by atoms with Crippen LogP contribution in [0.15, 0.2) is 22.9 Å². The fourth-order valence-corrected chi connectivity index (χ4v) is 1.25. The molecule has 2 rings (SSSR count). The first-order valence-corrected chi connectivity index (χ1v) is 4.52. The summed E-state index contributed by atoms with van der Waals surface area (Å²) in [6, 6.07) is 3.71. The first-order valence-electron chi connectivity index (χ1n) is 4.52. The smallest absolute Gasteiger partial charge is 0.245 e. The molecule has 0 N–H and O–H groups in total. The van der Waals surface area contributed by atoms with Crippen LogP contribution in [0.4, 0.5) is 0 Å². The summed E-state index contributed by atoms with van der Waals surface area (Å²) < 4.78 is 5.12. The molecule has 0 atom stereocenters. The number of aldehydes is 1. The van der Waals surface area contributed by atoms with E-state index >= 15 is 0 Å². The van der Waals surface area contributed by atoms with Gasteiger partial charge in [-0.25, -0.2) is 9.97 Å². The molecule has 0 aliphatic heterocycles. The van der Waals surface area contributed by atoms with Crippen LogP contribution in [0.3, 0.4) is 0 Å². The second-order valence-electron chi connectivity index (χ2n) is 3.18. The Hall–Kier alpha value is -2.48. The van der Waals surface area contributed by atoms with E-state index in [4.69, 9.17) is 9.68 Å². The molecule has 16 heavy (non-hydrogen) atoms. The monoisotopic (exact) mass is 213 g/mol. The Bertz CT molecular complexity index is 581. The van der Waals surface area contributed by atoms with E-state index in [1.165, 1.54) is 12.4 Å². The highest BCUT2D eigenvalue weighted by Gasteiger charge is 2.09. The highest BCUT2D eigenvalue weighted by Crippen LogP contribution is 2.18. The zero-order chi connectivity index (χ0) is 11.5. The van der Waals surface area contributed by atoms with Gasteiger partial charge in [-0.3, -0.25) is 4.79 Å². The number of oxazole rings is 1. The minimum atomic E-state index is 0.152. The van der Waals surface area contributed by atoms with Crippen molar-refractivity contribution in [3.8, 4) is 17.7 Å². The van der Waals surface area contributed by atoms with E-state index < -0.39 is 0 Å². The van der Waals surface area contributed by atoms with Crippen molar-refractivity contribution in [2.24, 2.45) is 0 Å². The van der Waals surface area contributed by atoms with Gasteiger partial charge in [0.05, 0.1) is 11.8 Å². The molecular formula is C11H7N3O2. The average Bonchev–Trinajstić information content (AvgIpc) is 2.77. The molecule has 2 heterocycles. The summed E-state index contributed by atoms with van der Waals surface area (Å²) in [7, 11) is 0. The second kappa shape index (κ2) is 3.95. The van der Waals surface area contributed by atoms with Gasteiger partial charge >= 0.3 is 0 Å². The molecule has 0 saturated carbocycles. The molecular weight excluding hydrogens is 206 g/mol. The van der Waals surface area contributed by atoms with E-state index in [0.29, 0.717) is 17.5 Å². The van der Waals surface area contributed by atoms with E-state index in [2.05, 4.69) is 9.97 Å². The van der Waals surface area contributed by atoms with Gasteiger partial charge in [0.1, 0.15) is 11.8 Å². The molecule has 0 aliphatic rings. The fourth-order valence-electron chi connectivity index (χ4n) is 1.25. The third-order valence-electron chi connectivity index (χ3n) is 2.09. The van der Waals surface area contributed by atoms with Crippen molar-refractivity contribution >= 4 is 6.29 Å². The van der Waals surface area contributed by atoms with Gasteiger partial charge in [-0.05, 0) is 18.6 Å². The highest BCUT2D eigenvalue weighted by molar-refractivity contribution is 5.70. The summed E-state index contributed by atoms with van der Waals surface area (Å²) >= 11 is 0. The largest absolute Gasteiger partial charge is 0.432 e. The lowest BCUT2D eigenvalue weighted by Gasteiger charge is -1.98. The minimum absolute atomic E-state index is 0.152. The number of nitrogens with zero attached hydrogens (tertiary/aromatic N) is 3. The summed E-state index contributed by atoms with van der Waals surface area (Å²) in [6.45, 7) is 1.80. The molecule has 0 radical (unpaired) electrons. The molecule has 0 fully saturated rings. The highest BCUT2D eigenvalue weighted by atomic mass is 16.4. The van der Waals surface area contributed by atoms with Gasteiger partial charge in [0.15, 0.2) is 12.0 Å². The van der Waals surface area contributed by atoms with Crippen molar-refractivity contribution in [1.29, 1.82) is 5.26 Å². The van der Waals surface area contributed by atoms with E-state index in [1.807, 2.05) is 6.07 Å². The number of nitriles is 1. The molecule has 0 aromatic carbocycles. The molecule has 0 amide bonds. The summed E-state index contributed by atoms with van der Waals surface area (Å²) in [5, 5.41) is 8.75. The summed E-state index contributed by atoms with van der Waals surface area (Å²) in [5.74, 6) is 0.425. The van der Waals surface area contributed by atoms with Crippen LogP contribution in [0.25, 0.3) is 11.6 Å². The summed E-state index contributed by atoms with van der Waals surface area (Å²) in [4.78, 5) is 18.4. The van der Waals surface area contributed by atoms with Gasteiger partial charge in [0.2, 0.25) is 5.89 Å². The number of hydrogen-bond donors (Lipinski definition) is 0. The quantitative estimate of drug-likeness (QED) is 0.709. The maximum absolute atomic E-state index is 10.4. The van der Waals surface area contributed by atoms with Gasteiger partial charge in [-0.2, -0.15) is 5.26 Å². The van der Waals surface area contributed by atoms with Gasteiger partial charge in [0.25, 0.3) is 0 Å². The van der Waals surface area contributed by atoms with Crippen LogP contribution in [-0.2, 0) is 0 Å². The van der Waals surface area contributed by atoms with Crippen LogP contribution in [0, 0.1) is 18.3 Å². The fraction of sp³-hybridized carbons (Fsp3) is 0.0909. The Balaban J connectivity index is 2.45.